The highest BCUT2D eigenvalue weighted by molar-refractivity contribution is 5.79. The molecule has 1 atom stereocenters. The molecule has 0 fully saturated rings. The number of hydrogen-bond donors (Lipinski definition) is 2. The molecule has 0 heterocycles. The Labute approximate surface area is 83.9 Å². The van der Waals surface area contributed by atoms with Crippen molar-refractivity contribution < 1.29 is 14.7 Å². The number of nitrogens with two attached hydrogens (primary N) is 1. The van der Waals surface area contributed by atoms with E-state index in [1.807, 2.05) is 13.8 Å². The number of likely N-dealkylation sites (N-methyl/N-ethyl adjacent to an activating group) is 1. The van der Waals surface area contributed by atoms with E-state index in [0.717, 1.165) is 0 Å². The summed E-state index contributed by atoms with van der Waals surface area (Å²) in [5, 5.41) is 8.51. The Hall–Kier alpha value is -1.10. The zero-order chi connectivity index (χ0) is 11.1. The molecule has 0 spiro atoms. The van der Waals surface area contributed by atoms with Crippen LogP contribution in [0.25, 0.3) is 0 Å². The number of carbonyl (C=O) groups excluding carboxylic acids is 1. The molecule has 1 unspecified atom stereocenters. The van der Waals surface area contributed by atoms with Crippen LogP contribution in [0.4, 0.5) is 0 Å². The molecule has 0 aromatic heterocycles. The Kier molecular flexibility index (Phi) is 5.87. The largest absolute Gasteiger partial charge is 0.481 e. The molecule has 1 amide bonds. The first-order valence-corrected chi connectivity index (χ1v) is 4.78. The molecule has 0 aliphatic rings. The topological polar surface area (TPSA) is 83.6 Å². The van der Waals surface area contributed by atoms with Crippen LogP contribution in [0.1, 0.15) is 26.7 Å². The highest BCUT2D eigenvalue weighted by atomic mass is 16.4. The highest BCUT2D eigenvalue weighted by Gasteiger charge is 2.20. The van der Waals surface area contributed by atoms with E-state index in [1.54, 1.807) is 4.90 Å². The highest BCUT2D eigenvalue weighted by Crippen LogP contribution is 2.04. The summed E-state index contributed by atoms with van der Waals surface area (Å²) in [6, 6.07) is -0.348. The van der Waals surface area contributed by atoms with Gasteiger partial charge in [0.25, 0.3) is 0 Å². The monoisotopic (exact) mass is 202 g/mol. The Morgan fingerprint density at radius 2 is 2.00 bits per heavy atom. The SMILES string of the molecule is CCC(C(N)=O)N(CC)CCC(=O)O. The quantitative estimate of drug-likeness (QED) is 0.611. The summed E-state index contributed by atoms with van der Waals surface area (Å²) >= 11 is 0. The number of hydrogen-bond acceptors (Lipinski definition) is 3. The molecule has 5 heteroatoms. The fourth-order valence-electron chi connectivity index (χ4n) is 1.41. The van der Waals surface area contributed by atoms with Gasteiger partial charge in [-0.15, -0.1) is 0 Å². The van der Waals surface area contributed by atoms with E-state index in [-0.39, 0.29) is 18.4 Å². The lowest BCUT2D eigenvalue weighted by molar-refractivity contribution is -0.138. The predicted octanol–water partition coefficient (Wildman–Crippen LogP) is 0.0469. The van der Waals surface area contributed by atoms with Gasteiger partial charge in [-0.05, 0) is 13.0 Å². The van der Waals surface area contributed by atoms with Crippen molar-refractivity contribution in [1.82, 2.24) is 4.90 Å². The Morgan fingerprint density at radius 3 is 2.29 bits per heavy atom. The standard InChI is InChI=1S/C9H18N2O3/c1-3-7(9(10)14)11(4-2)6-5-8(12)13/h7H,3-6H2,1-2H3,(H2,10,14)(H,12,13). The number of aliphatic carboxylic acids is 1. The molecule has 0 aromatic rings. The van der Waals surface area contributed by atoms with Gasteiger partial charge in [0.05, 0.1) is 12.5 Å². The summed E-state index contributed by atoms with van der Waals surface area (Å²) in [5.74, 6) is -1.25. The predicted molar refractivity (Wildman–Crippen MR) is 52.8 cm³/mol. The average molecular weight is 202 g/mol. The number of nitrogens with zero attached hydrogens (tertiary/aromatic N) is 1. The van der Waals surface area contributed by atoms with Crippen molar-refractivity contribution in [3.8, 4) is 0 Å². The van der Waals surface area contributed by atoms with Gasteiger partial charge in [-0.25, -0.2) is 0 Å². The molecule has 3 N–H and O–H groups in total. The van der Waals surface area contributed by atoms with Gasteiger partial charge in [0.1, 0.15) is 0 Å². The van der Waals surface area contributed by atoms with Crippen LogP contribution in [0.2, 0.25) is 0 Å². The zero-order valence-corrected chi connectivity index (χ0v) is 8.69. The lowest BCUT2D eigenvalue weighted by atomic mass is 10.1. The van der Waals surface area contributed by atoms with Crippen LogP contribution in [0.3, 0.4) is 0 Å². The molecule has 14 heavy (non-hydrogen) atoms. The van der Waals surface area contributed by atoms with Crippen molar-refractivity contribution >= 4 is 11.9 Å². The Balaban J connectivity index is 4.21. The number of primary amides is 1. The van der Waals surface area contributed by atoms with Crippen LogP contribution in [-0.4, -0.2) is 41.0 Å². The van der Waals surface area contributed by atoms with Crippen molar-refractivity contribution in [3.63, 3.8) is 0 Å². The molecule has 0 radical (unpaired) electrons. The van der Waals surface area contributed by atoms with Gasteiger partial charge >= 0.3 is 5.97 Å². The van der Waals surface area contributed by atoms with Gasteiger partial charge in [-0.3, -0.25) is 14.5 Å². The number of carboxylic acids is 1. The summed E-state index contributed by atoms with van der Waals surface area (Å²) in [5.41, 5.74) is 5.20. The van der Waals surface area contributed by atoms with E-state index < -0.39 is 5.97 Å². The van der Waals surface area contributed by atoms with Crippen molar-refractivity contribution in [3.05, 3.63) is 0 Å². The van der Waals surface area contributed by atoms with E-state index in [9.17, 15) is 9.59 Å². The molecule has 0 rings (SSSR count). The second kappa shape index (κ2) is 6.37. The molecule has 0 aliphatic carbocycles. The van der Waals surface area contributed by atoms with Gasteiger partial charge in [0.15, 0.2) is 0 Å². The number of carbonyl (C=O) groups is 2. The van der Waals surface area contributed by atoms with Crippen molar-refractivity contribution in [1.29, 1.82) is 0 Å². The van der Waals surface area contributed by atoms with Crippen LogP contribution in [-0.2, 0) is 9.59 Å². The second-order valence-corrected chi connectivity index (χ2v) is 3.10. The van der Waals surface area contributed by atoms with Gasteiger partial charge < -0.3 is 10.8 Å². The van der Waals surface area contributed by atoms with Gasteiger partial charge in [0.2, 0.25) is 5.91 Å². The fraction of sp³-hybridized carbons (Fsp3) is 0.778. The number of carboxylic acid groups (broad SMARTS) is 1. The zero-order valence-electron chi connectivity index (χ0n) is 8.69. The molecule has 0 saturated carbocycles. The average Bonchev–Trinajstić information content (AvgIpc) is 2.10. The van der Waals surface area contributed by atoms with Gasteiger partial charge in [-0.1, -0.05) is 13.8 Å². The van der Waals surface area contributed by atoms with E-state index in [1.165, 1.54) is 0 Å². The van der Waals surface area contributed by atoms with E-state index in [0.29, 0.717) is 19.5 Å². The van der Waals surface area contributed by atoms with Crippen LogP contribution in [0.5, 0.6) is 0 Å². The lowest BCUT2D eigenvalue weighted by Crippen LogP contribution is -2.45. The summed E-state index contributed by atoms with van der Waals surface area (Å²) in [4.78, 5) is 23.2. The minimum atomic E-state index is -0.859. The minimum Gasteiger partial charge on any atom is -0.481 e. The smallest absolute Gasteiger partial charge is 0.304 e. The third-order valence-electron chi connectivity index (χ3n) is 2.17. The normalized spacial score (nSPS) is 12.8. The minimum absolute atomic E-state index is 0.0393. The van der Waals surface area contributed by atoms with Crippen molar-refractivity contribution in [2.24, 2.45) is 5.73 Å². The van der Waals surface area contributed by atoms with E-state index in [4.69, 9.17) is 10.8 Å². The first-order valence-electron chi connectivity index (χ1n) is 4.78. The Morgan fingerprint density at radius 1 is 1.43 bits per heavy atom. The fourth-order valence-corrected chi connectivity index (χ4v) is 1.41. The summed E-state index contributed by atoms with van der Waals surface area (Å²) < 4.78 is 0. The number of rotatable bonds is 7. The Bertz CT molecular complexity index is 206. The molecule has 0 aliphatic heterocycles. The summed E-state index contributed by atoms with van der Waals surface area (Å²) in [7, 11) is 0. The summed E-state index contributed by atoms with van der Waals surface area (Å²) in [6.45, 7) is 4.74. The van der Waals surface area contributed by atoms with Crippen LogP contribution in [0, 0.1) is 0 Å². The van der Waals surface area contributed by atoms with Crippen LogP contribution < -0.4 is 5.73 Å². The lowest BCUT2D eigenvalue weighted by Gasteiger charge is -2.26. The molecule has 5 nitrogen and oxygen atoms in total. The first kappa shape index (κ1) is 12.9. The van der Waals surface area contributed by atoms with E-state index >= 15 is 0 Å². The van der Waals surface area contributed by atoms with Crippen LogP contribution >= 0.6 is 0 Å². The third-order valence-corrected chi connectivity index (χ3v) is 2.17. The maximum atomic E-state index is 11.0. The molecule has 0 saturated heterocycles. The molecule has 82 valence electrons. The molecule has 0 bridgehead atoms. The van der Waals surface area contributed by atoms with Crippen molar-refractivity contribution in [2.75, 3.05) is 13.1 Å². The maximum absolute atomic E-state index is 11.0. The second-order valence-electron chi connectivity index (χ2n) is 3.10. The molecule has 0 aromatic carbocycles. The third kappa shape index (κ3) is 4.23. The molecular formula is C9H18N2O3. The first-order chi connectivity index (χ1) is 6.52. The number of amides is 1. The van der Waals surface area contributed by atoms with Crippen LogP contribution in [0.15, 0.2) is 0 Å². The van der Waals surface area contributed by atoms with Crippen molar-refractivity contribution in [2.45, 2.75) is 32.7 Å². The van der Waals surface area contributed by atoms with E-state index in [2.05, 4.69) is 0 Å². The maximum Gasteiger partial charge on any atom is 0.304 e. The molecular weight excluding hydrogens is 184 g/mol. The van der Waals surface area contributed by atoms with Gasteiger partial charge in [0, 0.05) is 6.54 Å². The summed E-state index contributed by atoms with van der Waals surface area (Å²) in [6.07, 6.45) is 0.653. The van der Waals surface area contributed by atoms with Gasteiger partial charge in [-0.2, -0.15) is 0 Å².